The van der Waals surface area contributed by atoms with Crippen LogP contribution in [0.4, 0.5) is 0 Å². The maximum atomic E-state index is 11.5. The van der Waals surface area contributed by atoms with Crippen LogP contribution in [0.2, 0.25) is 0 Å². The number of hydrogen-bond donors (Lipinski definition) is 1. The van der Waals surface area contributed by atoms with Crippen molar-refractivity contribution in [3.8, 4) is 0 Å². The Morgan fingerprint density at radius 1 is 1.21 bits per heavy atom. The summed E-state index contributed by atoms with van der Waals surface area (Å²) in [7, 11) is 0. The molecule has 3 unspecified atom stereocenters. The van der Waals surface area contributed by atoms with Gasteiger partial charge in [-0.25, -0.2) is 0 Å². The Hall–Kier alpha value is -0.860. The predicted molar refractivity (Wildman–Crippen MR) is 52.4 cm³/mol. The quantitative estimate of drug-likeness (QED) is 0.644. The Balaban J connectivity index is 2.06. The van der Waals surface area contributed by atoms with E-state index in [2.05, 4.69) is 12.2 Å². The van der Waals surface area contributed by atoms with E-state index in [1.54, 1.807) is 0 Å². The van der Waals surface area contributed by atoms with Crippen molar-refractivity contribution in [2.45, 2.75) is 39.0 Å². The van der Waals surface area contributed by atoms with Crippen LogP contribution in [0.25, 0.3) is 0 Å². The fraction of sp³-hybridized carbons (Fsp3) is 0.818. The standard InChI is InChI=1S/C11H17NO2/c1-7-4-2-3-5-8(7)9-6-10(13)12-11(9)14/h7-9H,2-6H2,1H3,(H,12,13,14). The molecule has 2 aliphatic rings. The number of imide groups is 1. The molecule has 0 aromatic rings. The number of hydrogen-bond acceptors (Lipinski definition) is 2. The molecule has 2 rings (SSSR count). The van der Waals surface area contributed by atoms with Crippen molar-refractivity contribution < 1.29 is 9.59 Å². The van der Waals surface area contributed by atoms with Crippen LogP contribution in [-0.4, -0.2) is 11.8 Å². The molecule has 1 aliphatic heterocycles. The molecular weight excluding hydrogens is 178 g/mol. The van der Waals surface area contributed by atoms with Gasteiger partial charge in [0.05, 0.1) is 5.92 Å². The van der Waals surface area contributed by atoms with E-state index in [9.17, 15) is 9.59 Å². The maximum absolute atomic E-state index is 11.5. The van der Waals surface area contributed by atoms with Gasteiger partial charge < -0.3 is 0 Å². The summed E-state index contributed by atoms with van der Waals surface area (Å²) in [6.45, 7) is 2.21. The van der Waals surface area contributed by atoms with Gasteiger partial charge in [-0.15, -0.1) is 0 Å². The minimum absolute atomic E-state index is 0.0298. The van der Waals surface area contributed by atoms with Crippen molar-refractivity contribution in [2.24, 2.45) is 17.8 Å². The van der Waals surface area contributed by atoms with Crippen molar-refractivity contribution in [2.75, 3.05) is 0 Å². The lowest BCUT2D eigenvalue weighted by Gasteiger charge is -2.31. The van der Waals surface area contributed by atoms with Crippen LogP contribution in [0, 0.1) is 17.8 Å². The normalized spacial score (nSPS) is 38.5. The molecule has 1 heterocycles. The molecule has 2 amide bonds. The van der Waals surface area contributed by atoms with Crippen molar-refractivity contribution in [1.29, 1.82) is 0 Å². The highest BCUT2D eigenvalue weighted by atomic mass is 16.2. The number of carbonyl (C=O) groups is 2. The summed E-state index contributed by atoms with van der Waals surface area (Å²) in [5, 5.41) is 2.41. The van der Waals surface area contributed by atoms with Gasteiger partial charge in [0.15, 0.2) is 0 Å². The Morgan fingerprint density at radius 3 is 2.50 bits per heavy atom. The fourth-order valence-electron chi connectivity index (χ4n) is 2.86. The minimum Gasteiger partial charge on any atom is -0.296 e. The van der Waals surface area contributed by atoms with Crippen molar-refractivity contribution in [3.63, 3.8) is 0 Å². The van der Waals surface area contributed by atoms with Crippen molar-refractivity contribution in [3.05, 3.63) is 0 Å². The van der Waals surface area contributed by atoms with Crippen molar-refractivity contribution in [1.82, 2.24) is 5.32 Å². The summed E-state index contributed by atoms with van der Waals surface area (Å²) in [6, 6.07) is 0. The van der Waals surface area contributed by atoms with Gasteiger partial charge in [-0.1, -0.05) is 26.2 Å². The number of nitrogens with one attached hydrogen (secondary N) is 1. The average Bonchev–Trinajstić information content (AvgIpc) is 2.46. The smallest absolute Gasteiger partial charge is 0.230 e. The van der Waals surface area contributed by atoms with E-state index >= 15 is 0 Å². The Kier molecular flexibility index (Phi) is 2.57. The summed E-state index contributed by atoms with van der Waals surface area (Å²) < 4.78 is 0. The van der Waals surface area contributed by atoms with Crippen LogP contribution < -0.4 is 5.32 Å². The van der Waals surface area contributed by atoms with Gasteiger partial charge in [0.2, 0.25) is 11.8 Å². The highest BCUT2D eigenvalue weighted by molar-refractivity contribution is 6.03. The fourth-order valence-corrected chi connectivity index (χ4v) is 2.86. The van der Waals surface area contributed by atoms with Crippen molar-refractivity contribution >= 4 is 11.8 Å². The van der Waals surface area contributed by atoms with E-state index in [1.165, 1.54) is 19.3 Å². The van der Waals surface area contributed by atoms with Crippen LogP contribution in [0.3, 0.4) is 0 Å². The van der Waals surface area contributed by atoms with Gasteiger partial charge in [0, 0.05) is 6.42 Å². The van der Waals surface area contributed by atoms with Gasteiger partial charge in [-0.05, 0) is 18.3 Å². The number of carbonyl (C=O) groups excluding carboxylic acids is 2. The molecule has 0 aromatic heterocycles. The molecular formula is C11H17NO2. The second-order valence-corrected chi connectivity index (χ2v) is 4.65. The first-order valence-corrected chi connectivity index (χ1v) is 5.52. The third kappa shape index (κ3) is 1.68. The average molecular weight is 195 g/mol. The lowest BCUT2D eigenvalue weighted by molar-refractivity contribution is -0.126. The molecule has 14 heavy (non-hydrogen) atoms. The number of amides is 2. The Labute approximate surface area is 84.2 Å². The molecule has 78 valence electrons. The predicted octanol–water partition coefficient (Wildman–Crippen LogP) is 1.48. The van der Waals surface area contributed by atoms with Gasteiger partial charge in [0.25, 0.3) is 0 Å². The van der Waals surface area contributed by atoms with Crippen LogP contribution in [-0.2, 0) is 9.59 Å². The molecule has 3 heteroatoms. The Morgan fingerprint density at radius 2 is 1.93 bits per heavy atom. The van der Waals surface area contributed by atoms with E-state index in [1.807, 2.05) is 0 Å². The minimum atomic E-state index is -0.0854. The highest BCUT2D eigenvalue weighted by Gasteiger charge is 2.39. The molecule has 1 N–H and O–H groups in total. The molecule has 0 spiro atoms. The van der Waals surface area contributed by atoms with Gasteiger partial charge in [-0.3, -0.25) is 14.9 Å². The molecule has 3 atom stereocenters. The van der Waals surface area contributed by atoms with Crippen LogP contribution in [0.15, 0.2) is 0 Å². The first-order chi connectivity index (χ1) is 6.68. The van der Waals surface area contributed by atoms with Crippen LogP contribution >= 0.6 is 0 Å². The molecule has 0 radical (unpaired) electrons. The highest BCUT2D eigenvalue weighted by Crippen LogP contribution is 2.37. The monoisotopic (exact) mass is 195 g/mol. The first-order valence-electron chi connectivity index (χ1n) is 5.52. The maximum Gasteiger partial charge on any atom is 0.230 e. The number of rotatable bonds is 1. The van der Waals surface area contributed by atoms with E-state index in [-0.39, 0.29) is 17.7 Å². The molecule has 1 saturated carbocycles. The third-order valence-corrected chi connectivity index (χ3v) is 3.70. The molecule has 2 fully saturated rings. The SMILES string of the molecule is CC1CCCCC1C1CC(=O)NC1=O. The molecule has 0 aromatic carbocycles. The third-order valence-electron chi connectivity index (χ3n) is 3.70. The van der Waals surface area contributed by atoms with Gasteiger partial charge in [-0.2, -0.15) is 0 Å². The van der Waals surface area contributed by atoms with Gasteiger partial charge >= 0.3 is 0 Å². The summed E-state index contributed by atoms with van der Waals surface area (Å²) in [5.41, 5.74) is 0. The second kappa shape index (κ2) is 3.71. The summed E-state index contributed by atoms with van der Waals surface area (Å²) >= 11 is 0. The lowest BCUT2D eigenvalue weighted by Crippen LogP contribution is -2.31. The first kappa shape index (κ1) is 9.69. The summed E-state index contributed by atoms with van der Waals surface area (Å²) in [4.78, 5) is 22.6. The molecule has 3 nitrogen and oxygen atoms in total. The zero-order valence-electron chi connectivity index (χ0n) is 8.58. The van der Waals surface area contributed by atoms with Crippen LogP contribution in [0.1, 0.15) is 39.0 Å². The van der Waals surface area contributed by atoms with E-state index in [4.69, 9.17) is 0 Å². The van der Waals surface area contributed by atoms with E-state index in [0.29, 0.717) is 18.3 Å². The second-order valence-electron chi connectivity index (χ2n) is 4.65. The zero-order chi connectivity index (χ0) is 10.1. The zero-order valence-corrected chi connectivity index (χ0v) is 8.58. The van der Waals surface area contributed by atoms with E-state index < -0.39 is 0 Å². The summed E-state index contributed by atoms with van der Waals surface area (Å²) in [6.07, 6.45) is 5.25. The molecule has 0 bridgehead atoms. The van der Waals surface area contributed by atoms with E-state index in [0.717, 1.165) is 6.42 Å². The van der Waals surface area contributed by atoms with Crippen LogP contribution in [0.5, 0.6) is 0 Å². The lowest BCUT2D eigenvalue weighted by atomic mass is 9.73. The topological polar surface area (TPSA) is 46.2 Å². The molecule has 1 saturated heterocycles. The van der Waals surface area contributed by atoms with Gasteiger partial charge in [0.1, 0.15) is 0 Å². The summed E-state index contributed by atoms with van der Waals surface area (Å²) in [5.74, 6) is 0.893. The largest absolute Gasteiger partial charge is 0.296 e. The Bertz CT molecular complexity index is 262. The molecule has 1 aliphatic carbocycles.